The quantitative estimate of drug-likeness (QED) is 0.300. The van der Waals surface area contributed by atoms with E-state index in [1.165, 1.54) is 12.1 Å². The Morgan fingerprint density at radius 2 is 1.78 bits per heavy atom. The molecule has 1 saturated heterocycles. The number of H-pyrrole nitrogens is 1. The number of benzene rings is 2. The Labute approximate surface area is 248 Å². The standard InChI is InChI=1S/C29H27F3N6O.2ClH/c1-19-3-5-22(14-21(19)6-4-20-13-24-17-34-36-27(24)33-16-20)28(39)35-25-8-7-23(26(15-25)29(30,31)32)18-38-11-9-37(2)10-12-38;;/h3,5,7-8,13-17H,9-12,18H2,1-2H3,(H,35,39)(H,33,34,36);2*1H. The summed E-state index contributed by atoms with van der Waals surface area (Å²) in [5, 5.41) is 10.2. The average molecular weight is 605 g/mol. The molecule has 4 aromatic rings. The second-order valence-corrected chi connectivity index (χ2v) is 9.71. The highest BCUT2D eigenvalue weighted by molar-refractivity contribution is 6.04. The minimum atomic E-state index is -4.54. The Kier molecular flexibility index (Phi) is 10.4. The number of likely N-dealkylation sites (N-methyl/N-ethyl adjacent to an activating group) is 1. The molecule has 2 aromatic carbocycles. The van der Waals surface area contributed by atoms with E-state index in [4.69, 9.17) is 0 Å². The predicted molar refractivity (Wildman–Crippen MR) is 158 cm³/mol. The minimum absolute atomic E-state index is 0. The number of aromatic amines is 1. The molecule has 0 saturated carbocycles. The van der Waals surface area contributed by atoms with E-state index in [1.807, 2.05) is 24.9 Å². The zero-order chi connectivity index (χ0) is 27.6. The van der Waals surface area contributed by atoms with E-state index in [1.54, 1.807) is 30.6 Å². The Morgan fingerprint density at radius 3 is 2.51 bits per heavy atom. The number of anilines is 1. The summed E-state index contributed by atoms with van der Waals surface area (Å²) in [5.74, 6) is 5.60. The number of amides is 1. The van der Waals surface area contributed by atoms with E-state index in [2.05, 4.69) is 37.2 Å². The number of rotatable bonds is 4. The highest BCUT2D eigenvalue weighted by Crippen LogP contribution is 2.34. The predicted octanol–water partition coefficient (Wildman–Crippen LogP) is 5.53. The lowest BCUT2D eigenvalue weighted by Gasteiger charge is -2.33. The summed E-state index contributed by atoms with van der Waals surface area (Å²) in [4.78, 5) is 21.4. The van der Waals surface area contributed by atoms with Crippen LogP contribution >= 0.6 is 24.8 Å². The van der Waals surface area contributed by atoms with Gasteiger partial charge in [0.1, 0.15) is 0 Å². The molecule has 1 fully saturated rings. The van der Waals surface area contributed by atoms with E-state index in [-0.39, 0.29) is 42.6 Å². The second kappa shape index (κ2) is 13.4. The van der Waals surface area contributed by atoms with Crippen molar-refractivity contribution in [1.82, 2.24) is 25.0 Å². The van der Waals surface area contributed by atoms with Crippen molar-refractivity contribution in [2.45, 2.75) is 19.6 Å². The summed E-state index contributed by atoms with van der Waals surface area (Å²) >= 11 is 0. The van der Waals surface area contributed by atoms with Gasteiger partial charge in [-0.1, -0.05) is 24.0 Å². The summed E-state index contributed by atoms with van der Waals surface area (Å²) in [7, 11) is 2.00. The lowest BCUT2D eigenvalue weighted by molar-refractivity contribution is -0.138. The van der Waals surface area contributed by atoms with Crippen molar-refractivity contribution in [3.8, 4) is 11.8 Å². The van der Waals surface area contributed by atoms with Gasteiger partial charge < -0.3 is 10.2 Å². The number of alkyl halides is 3. The molecule has 12 heteroatoms. The summed E-state index contributed by atoms with van der Waals surface area (Å²) in [6.45, 7) is 5.13. The Balaban J connectivity index is 0.00000231. The third-order valence-corrected chi connectivity index (χ3v) is 6.80. The molecular weight excluding hydrogens is 576 g/mol. The number of hydrogen-bond acceptors (Lipinski definition) is 5. The maximum absolute atomic E-state index is 13.9. The van der Waals surface area contributed by atoms with Gasteiger partial charge in [0, 0.05) is 66.7 Å². The normalized spacial score (nSPS) is 14.0. The monoisotopic (exact) mass is 604 g/mol. The molecule has 0 unspecified atom stereocenters. The van der Waals surface area contributed by atoms with Crippen molar-refractivity contribution in [2.75, 3.05) is 38.5 Å². The minimum Gasteiger partial charge on any atom is -0.322 e. The number of nitrogens with one attached hydrogen (secondary N) is 2. The van der Waals surface area contributed by atoms with Gasteiger partial charge in [-0.15, -0.1) is 24.8 Å². The van der Waals surface area contributed by atoms with Crippen molar-refractivity contribution in [3.63, 3.8) is 0 Å². The average Bonchev–Trinajstić information content (AvgIpc) is 3.38. The van der Waals surface area contributed by atoms with E-state index in [9.17, 15) is 18.0 Å². The van der Waals surface area contributed by atoms with Gasteiger partial charge in [-0.05, 0) is 55.4 Å². The first-order chi connectivity index (χ1) is 18.7. The first kappa shape index (κ1) is 31.9. The fourth-order valence-corrected chi connectivity index (χ4v) is 4.45. The van der Waals surface area contributed by atoms with Crippen LogP contribution in [0.15, 0.2) is 54.9 Å². The van der Waals surface area contributed by atoms with Crippen LogP contribution in [0.2, 0.25) is 0 Å². The number of carbonyl (C=O) groups excluding carboxylic acids is 1. The van der Waals surface area contributed by atoms with Gasteiger partial charge in [0.2, 0.25) is 0 Å². The molecule has 1 aliphatic rings. The molecule has 216 valence electrons. The summed E-state index contributed by atoms with van der Waals surface area (Å²) in [6, 6.07) is 10.9. The van der Waals surface area contributed by atoms with Crippen molar-refractivity contribution >= 4 is 47.4 Å². The molecule has 41 heavy (non-hydrogen) atoms. The Hall–Kier alpha value is -3.62. The van der Waals surface area contributed by atoms with E-state index in [0.717, 1.165) is 30.1 Å². The van der Waals surface area contributed by atoms with Crippen LogP contribution in [0.25, 0.3) is 11.0 Å². The van der Waals surface area contributed by atoms with Crippen molar-refractivity contribution in [1.29, 1.82) is 0 Å². The van der Waals surface area contributed by atoms with Crippen LogP contribution in [-0.4, -0.2) is 64.1 Å². The SMILES string of the molecule is Cc1ccc(C(=O)Nc2ccc(CN3CCN(C)CC3)c(C(F)(F)F)c2)cc1C#Cc1cnc2[nH]ncc2c1.Cl.Cl. The van der Waals surface area contributed by atoms with Crippen LogP contribution in [0.1, 0.15) is 38.2 Å². The van der Waals surface area contributed by atoms with E-state index in [0.29, 0.717) is 35.4 Å². The Bertz CT molecular complexity index is 1590. The number of halogens is 5. The Morgan fingerprint density at radius 1 is 1.02 bits per heavy atom. The molecule has 0 atom stereocenters. The molecule has 7 nitrogen and oxygen atoms in total. The summed E-state index contributed by atoms with van der Waals surface area (Å²) < 4.78 is 41.8. The van der Waals surface area contributed by atoms with Gasteiger partial charge in [0.15, 0.2) is 5.65 Å². The summed E-state index contributed by atoms with van der Waals surface area (Å²) in [6.07, 6.45) is -1.25. The van der Waals surface area contributed by atoms with Gasteiger partial charge in [-0.3, -0.25) is 14.8 Å². The van der Waals surface area contributed by atoms with Crippen LogP contribution in [-0.2, 0) is 12.7 Å². The maximum Gasteiger partial charge on any atom is 0.416 e. The van der Waals surface area contributed by atoms with Gasteiger partial charge in [0.05, 0.1) is 11.8 Å². The van der Waals surface area contributed by atoms with Crippen molar-refractivity contribution in [3.05, 3.63) is 88.2 Å². The molecule has 1 amide bonds. The number of nitrogens with zero attached hydrogens (tertiary/aromatic N) is 4. The molecule has 0 bridgehead atoms. The van der Waals surface area contributed by atoms with Crippen molar-refractivity contribution in [2.24, 2.45) is 0 Å². The van der Waals surface area contributed by atoms with Crippen LogP contribution in [0.5, 0.6) is 0 Å². The second-order valence-electron chi connectivity index (χ2n) is 9.71. The highest BCUT2D eigenvalue weighted by Gasteiger charge is 2.34. The lowest BCUT2D eigenvalue weighted by atomic mass is 10.0. The molecule has 2 N–H and O–H groups in total. The molecule has 0 radical (unpaired) electrons. The molecule has 2 aromatic heterocycles. The van der Waals surface area contributed by atoms with E-state index < -0.39 is 17.6 Å². The van der Waals surface area contributed by atoms with Gasteiger partial charge in [-0.25, -0.2) is 4.98 Å². The third-order valence-electron chi connectivity index (χ3n) is 6.80. The van der Waals surface area contributed by atoms with Crippen LogP contribution in [0.3, 0.4) is 0 Å². The molecule has 0 spiro atoms. The van der Waals surface area contributed by atoms with E-state index >= 15 is 0 Å². The first-order valence-corrected chi connectivity index (χ1v) is 12.5. The largest absolute Gasteiger partial charge is 0.416 e. The number of hydrogen-bond donors (Lipinski definition) is 2. The number of pyridine rings is 1. The number of piperazine rings is 1. The lowest BCUT2D eigenvalue weighted by Crippen LogP contribution is -2.44. The van der Waals surface area contributed by atoms with Gasteiger partial charge in [0.25, 0.3) is 5.91 Å². The smallest absolute Gasteiger partial charge is 0.322 e. The molecule has 5 rings (SSSR count). The number of aryl methyl sites for hydroxylation is 1. The van der Waals surface area contributed by atoms with Gasteiger partial charge >= 0.3 is 6.18 Å². The topological polar surface area (TPSA) is 77.2 Å². The zero-order valence-electron chi connectivity index (χ0n) is 22.4. The zero-order valence-corrected chi connectivity index (χ0v) is 24.0. The molecule has 1 aliphatic heterocycles. The molecule has 3 heterocycles. The molecular formula is C29H29Cl2F3N6O. The van der Waals surface area contributed by atoms with Crippen LogP contribution in [0, 0.1) is 18.8 Å². The van der Waals surface area contributed by atoms with Crippen molar-refractivity contribution < 1.29 is 18.0 Å². The van der Waals surface area contributed by atoms with Crippen LogP contribution in [0.4, 0.5) is 18.9 Å². The third kappa shape index (κ3) is 7.77. The highest BCUT2D eigenvalue weighted by atomic mass is 35.5. The number of aromatic nitrogens is 3. The fraction of sp³-hybridized carbons (Fsp3) is 0.276. The first-order valence-electron chi connectivity index (χ1n) is 12.5. The van der Waals surface area contributed by atoms with Crippen LogP contribution < -0.4 is 5.32 Å². The fourth-order valence-electron chi connectivity index (χ4n) is 4.45. The number of carbonyl (C=O) groups is 1. The molecule has 0 aliphatic carbocycles. The van der Waals surface area contributed by atoms with Gasteiger partial charge in [-0.2, -0.15) is 18.3 Å². The summed E-state index contributed by atoms with van der Waals surface area (Å²) in [5.41, 5.74) is 2.69. The number of fused-ring (bicyclic) bond motifs is 1. The maximum atomic E-state index is 13.9.